The van der Waals surface area contributed by atoms with Gasteiger partial charge in [0.1, 0.15) is 5.76 Å². The molecule has 1 aromatic heterocycles. The van der Waals surface area contributed by atoms with Crippen LogP contribution in [-0.4, -0.2) is 30.9 Å². The molecule has 2 aromatic rings. The Labute approximate surface area is 125 Å². The van der Waals surface area contributed by atoms with E-state index in [1.807, 2.05) is 6.07 Å². The van der Waals surface area contributed by atoms with Crippen molar-refractivity contribution >= 4 is 5.91 Å². The maximum Gasteiger partial charge on any atom is 0.254 e. The summed E-state index contributed by atoms with van der Waals surface area (Å²) in [4.78, 5) is 14.1. The summed E-state index contributed by atoms with van der Waals surface area (Å²) in [5.41, 5.74) is 1.92. The van der Waals surface area contributed by atoms with E-state index >= 15 is 0 Å². The molecule has 4 heteroatoms. The molecule has 0 aliphatic heterocycles. The zero-order valence-electron chi connectivity index (χ0n) is 12.6. The summed E-state index contributed by atoms with van der Waals surface area (Å²) in [6.07, 6.45) is 2.46. The third kappa shape index (κ3) is 4.76. The highest BCUT2D eigenvalue weighted by atomic mass is 16.3. The van der Waals surface area contributed by atoms with Crippen LogP contribution in [0.1, 0.15) is 28.1 Å². The fraction of sp³-hybridized carbons (Fsp3) is 0.353. The standard InChI is InChI=1S/C17H22N2O2/c1-14-16(9-12-21-14)17(20)18-10-6-11-19(2)13-15-7-4-3-5-8-15/h3-5,7-9,12H,6,10-11,13H2,1-2H3,(H,18,20). The van der Waals surface area contributed by atoms with E-state index in [0.29, 0.717) is 17.9 Å². The van der Waals surface area contributed by atoms with Gasteiger partial charge in [0.05, 0.1) is 11.8 Å². The lowest BCUT2D eigenvalue weighted by Gasteiger charge is -2.16. The molecular formula is C17H22N2O2. The number of furan rings is 1. The third-order valence-corrected chi connectivity index (χ3v) is 3.40. The van der Waals surface area contributed by atoms with Crippen LogP contribution in [0.4, 0.5) is 0 Å². The van der Waals surface area contributed by atoms with Crippen molar-refractivity contribution in [2.24, 2.45) is 0 Å². The van der Waals surface area contributed by atoms with Crippen molar-refractivity contribution in [1.29, 1.82) is 0 Å². The smallest absolute Gasteiger partial charge is 0.254 e. The Kier molecular flexibility index (Phi) is 5.58. The molecule has 0 unspecified atom stereocenters. The van der Waals surface area contributed by atoms with Crippen LogP contribution in [0.3, 0.4) is 0 Å². The molecule has 0 fully saturated rings. The number of benzene rings is 1. The third-order valence-electron chi connectivity index (χ3n) is 3.40. The van der Waals surface area contributed by atoms with Crippen molar-refractivity contribution in [2.45, 2.75) is 19.9 Å². The molecule has 4 nitrogen and oxygen atoms in total. The number of carbonyl (C=O) groups is 1. The summed E-state index contributed by atoms with van der Waals surface area (Å²) in [5, 5.41) is 2.92. The van der Waals surface area contributed by atoms with Crippen LogP contribution in [-0.2, 0) is 6.54 Å². The highest BCUT2D eigenvalue weighted by Crippen LogP contribution is 2.08. The van der Waals surface area contributed by atoms with Gasteiger partial charge in [-0.15, -0.1) is 0 Å². The molecule has 21 heavy (non-hydrogen) atoms. The molecule has 0 radical (unpaired) electrons. The Bertz CT molecular complexity index is 563. The Hall–Kier alpha value is -2.07. The van der Waals surface area contributed by atoms with E-state index in [2.05, 4.69) is 41.5 Å². The lowest BCUT2D eigenvalue weighted by Crippen LogP contribution is -2.28. The van der Waals surface area contributed by atoms with Gasteiger partial charge in [-0.05, 0) is 38.6 Å². The molecule has 0 aliphatic carbocycles. The van der Waals surface area contributed by atoms with Crippen LogP contribution in [0.5, 0.6) is 0 Å². The molecule has 0 bridgehead atoms. The summed E-state index contributed by atoms with van der Waals surface area (Å²) in [5.74, 6) is 0.598. The zero-order valence-corrected chi connectivity index (χ0v) is 12.6. The molecular weight excluding hydrogens is 264 g/mol. The second kappa shape index (κ2) is 7.64. The number of amides is 1. The first-order chi connectivity index (χ1) is 10.2. The summed E-state index contributed by atoms with van der Waals surface area (Å²) >= 11 is 0. The van der Waals surface area contributed by atoms with Crippen molar-refractivity contribution in [2.75, 3.05) is 20.1 Å². The van der Waals surface area contributed by atoms with Crippen LogP contribution in [0.25, 0.3) is 0 Å². The van der Waals surface area contributed by atoms with Crippen LogP contribution < -0.4 is 5.32 Å². The fourth-order valence-corrected chi connectivity index (χ4v) is 2.24. The van der Waals surface area contributed by atoms with E-state index in [4.69, 9.17) is 4.42 Å². The number of nitrogens with zero attached hydrogens (tertiary/aromatic N) is 1. The minimum absolute atomic E-state index is 0.0630. The predicted molar refractivity (Wildman–Crippen MR) is 83.2 cm³/mol. The van der Waals surface area contributed by atoms with Gasteiger partial charge in [-0.1, -0.05) is 30.3 Å². The van der Waals surface area contributed by atoms with Crippen molar-refractivity contribution in [3.63, 3.8) is 0 Å². The van der Waals surface area contributed by atoms with Crippen molar-refractivity contribution in [1.82, 2.24) is 10.2 Å². The molecule has 0 saturated heterocycles. The zero-order chi connectivity index (χ0) is 15.1. The van der Waals surface area contributed by atoms with E-state index in [1.165, 1.54) is 11.8 Å². The normalized spacial score (nSPS) is 10.8. The van der Waals surface area contributed by atoms with Gasteiger partial charge in [0, 0.05) is 13.1 Å². The minimum Gasteiger partial charge on any atom is -0.469 e. The van der Waals surface area contributed by atoms with Gasteiger partial charge in [-0.3, -0.25) is 4.79 Å². The molecule has 1 heterocycles. The molecule has 0 aliphatic rings. The van der Waals surface area contributed by atoms with Gasteiger partial charge in [-0.2, -0.15) is 0 Å². The molecule has 112 valence electrons. The van der Waals surface area contributed by atoms with Gasteiger partial charge >= 0.3 is 0 Å². The van der Waals surface area contributed by atoms with Gasteiger partial charge in [0.25, 0.3) is 5.91 Å². The number of aryl methyl sites for hydroxylation is 1. The Balaban J connectivity index is 1.65. The van der Waals surface area contributed by atoms with Crippen LogP contribution in [0.15, 0.2) is 47.1 Å². The lowest BCUT2D eigenvalue weighted by molar-refractivity contribution is 0.0950. The summed E-state index contributed by atoms with van der Waals surface area (Å²) in [7, 11) is 2.09. The first-order valence-corrected chi connectivity index (χ1v) is 7.21. The fourth-order valence-electron chi connectivity index (χ4n) is 2.24. The maximum absolute atomic E-state index is 11.9. The monoisotopic (exact) mass is 286 g/mol. The molecule has 0 atom stereocenters. The summed E-state index contributed by atoms with van der Waals surface area (Å²) in [6.45, 7) is 4.33. The molecule has 2 rings (SSSR count). The number of hydrogen-bond donors (Lipinski definition) is 1. The number of nitrogens with one attached hydrogen (secondary N) is 1. The van der Waals surface area contributed by atoms with Crippen molar-refractivity contribution < 1.29 is 9.21 Å². The average molecular weight is 286 g/mol. The Morgan fingerprint density at radius 3 is 2.67 bits per heavy atom. The van der Waals surface area contributed by atoms with Crippen LogP contribution in [0.2, 0.25) is 0 Å². The molecule has 1 N–H and O–H groups in total. The lowest BCUT2D eigenvalue weighted by atomic mass is 10.2. The molecule has 0 spiro atoms. The van der Waals surface area contributed by atoms with E-state index in [-0.39, 0.29) is 5.91 Å². The number of hydrogen-bond acceptors (Lipinski definition) is 3. The van der Waals surface area contributed by atoms with E-state index < -0.39 is 0 Å². The second-order valence-electron chi connectivity index (χ2n) is 5.22. The Morgan fingerprint density at radius 1 is 1.24 bits per heavy atom. The maximum atomic E-state index is 11.9. The largest absolute Gasteiger partial charge is 0.469 e. The van der Waals surface area contributed by atoms with Gasteiger partial charge in [0.2, 0.25) is 0 Å². The summed E-state index contributed by atoms with van der Waals surface area (Å²) < 4.78 is 5.13. The number of rotatable bonds is 7. The first-order valence-electron chi connectivity index (χ1n) is 7.21. The molecule has 0 saturated carbocycles. The van der Waals surface area contributed by atoms with Gasteiger partial charge in [-0.25, -0.2) is 0 Å². The van der Waals surface area contributed by atoms with E-state index in [0.717, 1.165) is 19.5 Å². The topological polar surface area (TPSA) is 45.5 Å². The van der Waals surface area contributed by atoms with E-state index in [1.54, 1.807) is 13.0 Å². The molecule has 1 amide bonds. The quantitative estimate of drug-likeness (QED) is 0.796. The van der Waals surface area contributed by atoms with Crippen LogP contribution >= 0.6 is 0 Å². The van der Waals surface area contributed by atoms with Crippen molar-refractivity contribution in [3.8, 4) is 0 Å². The molecule has 1 aromatic carbocycles. The van der Waals surface area contributed by atoms with Gasteiger partial charge < -0.3 is 14.6 Å². The van der Waals surface area contributed by atoms with Gasteiger partial charge in [0.15, 0.2) is 0 Å². The average Bonchev–Trinajstić information content (AvgIpc) is 2.91. The minimum atomic E-state index is -0.0630. The van der Waals surface area contributed by atoms with E-state index in [9.17, 15) is 4.79 Å². The predicted octanol–water partition coefficient (Wildman–Crippen LogP) is 2.84. The highest BCUT2D eigenvalue weighted by Gasteiger charge is 2.10. The SMILES string of the molecule is Cc1occc1C(=O)NCCCN(C)Cc1ccccc1. The first kappa shape index (κ1) is 15.3. The Morgan fingerprint density at radius 2 is 2.00 bits per heavy atom. The van der Waals surface area contributed by atoms with Crippen molar-refractivity contribution in [3.05, 3.63) is 59.5 Å². The second-order valence-corrected chi connectivity index (χ2v) is 5.22. The van der Waals surface area contributed by atoms with Crippen LogP contribution in [0, 0.1) is 6.92 Å². The summed E-state index contributed by atoms with van der Waals surface area (Å²) in [6, 6.07) is 12.1. The highest BCUT2D eigenvalue weighted by molar-refractivity contribution is 5.94. The number of carbonyl (C=O) groups excluding carboxylic acids is 1.